The zero-order valence-corrected chi connectivity index (χ0v) is 14.0. The van der Waals surface area contributed by atoms with E-state index in [4.69, 9.17) is 4.74 Å². The predicted molar refractivity (Wildman–Crippen MR) is 87.3 cm³/mol. The second-order valence-corrected chi connectivity index (χ2v) is 6.92. The van der Waals surface area contributed by atoms with E-state index >= 15 is 0 Å². The molecule has 122 valence electrons. The third-order valence-corrected chi connectivity index (χ3v) is 5.62. The standard InChI is InChI=1S/C19H28O3/c1-4-22-18(21)10-6-5-8-14(2)15-11-12-16-17(20)9-7-13-19(15,16)3/h5-6,8,10,14-16H,4,7,9,11-13H2,1-3H3/t14-,15+,16?,19+/m0/s1. The number of hydrogen-bond acceptors (Lipinski definition) is 3. The molecule has 4 atom stereocenters. The van der Waals surface area contributed by atoms with Crippen LogP contribution in [-0.4, -0.2) is 18.4 Å². The van der Waals surface area contributed by atoms with Crippen molar-refractivity contribution in [2.24, 2.45) is 23.2 Å². The van der Waals surface area contributed by atoms with Crippen molar-refractivity contribution in [1.29, 1.82) is 0 Å². The largest absolute Gasteiger partial charge is 0.463 e. The number of allylic oxidation sites excluding steroid dienone is 3. The van der Waals surface area contributed by atoms with Crippen LogP contribution in [0.5, 0.6) is 0 Å². The second-order valence-electron chi connectivity index (χ2n) is 6.92. The van der Waals surface area contributed by atoms with E-state index in [1.54, 1.807) is 13.0 Å². The molecule has 0 aromatic heterocycles. The summed E-state index contributed by atoms with van der Waals surface area (Å²) in [6.07, 6.45) is 12.5. The van der Waals surface area contributed by atoms with Gasteiger partial charge in [0.1, 0.15) is 5.78 Å². The first-order chi connectivity index (χ1) is 10.5. The summed E-state index contributed by atoms with van der Waals surface area (Å²) in [6, 6.07) is 0. The molecule has 0 aliphatic heterocycles. The fourth-order valence-electron chi connectivity index (χ4n) is 4.53. The van der Waals surface area contributed by atoms with Crippen LogP contribution in [0, 0.1) is 23.2 Å². The molecular formula is C19H28O3. The number of ether oxygens (including phenoxy) is 1. The maximum Gasteiger partial charge on any atom is 0.330 e. The molecule has 1 unspecified atom stereocenters. The Hall–Kier alpha value is -1.38. The molecule has 0 radical (unpaired) electrons. The van der Waals surface area contributed by atoms with Crippen LogP contribution in [0.1, 0.15) is 52.9 Å². The maximum atomic E-state index is 12.2. The SMILES string of the molecule is CCOC(=O)C=CC=C[C@H](C)[C@H]1CCC2C(=O)CCC[C@@]21C. The molecule has 2 fully saturated rings. The maximum absolute atomic E-state index is 12.2. The van der Waals surface area contributed by atoms with Gasteiger partial charge in [0.05, 0.1) is 6.61 Å². The molecular weight excluding hydrogens is 276 g/mol. The first-order valence-electron chi connectivity index (χ1n) is 8.53. The van der Waals surface area contributed by atoms with Crippen molar-refractivity contribution in [2.75, 3.05) is 6.61 Å². The van der Waals surface area contributed by atoms with Gasteiger partial charge >= 0.3 is 5.97 Å². The average Bonchev–Trinajstić information content (AvgIpc) is 2.82. The summed E-state index contributed by atoms with van der Waals surface area (Å²) in [5.74, 6) is 1.44. The van der Waals surface area contributed by atoms with Gasteiger partial charge < -0.3 is 4.74 Å². The summed E-state index contributed by atoms with van der Waals surface area (Å²) >= 11 is 0. The van der Waals surface area contributed by atoms with E-state index in [2.05, 4.69) is 19.9 Å². The first kappa shape index (κ1) is 17.0. The third kappa shape index (κ3) is 3.50. The predicted octanol–water partition coefficient (Wildman–Crippen LogP) is 4.08. The van der Waals surface area contributed by atoms with Crippen molar-refractivity contribution >= 4 is 11.8 Å². The fraction of sp³-hybridized carbons (Fsp3) is 0.684. The second kappa shape index (κ2) is 7.26. The highest BCUT2D eigenvalue weighted by atomic mass is 16.5. The number of carbonyl (C=O) groups is 2. The van der Waals surface area contributed by atoms with Gasteiger partial charge in [-0.1, -0.05) is 32.1 Å². The van der Waals surface area contributed by atoms with Crippen molar-refractivity contribution < 1.29 is 14.3 Å². The number of esters is 1. The number of Topliss-reactive ketones (excluding diaryl/α,β-unsaturated/α-hetero) is 1. The minimum Gasteiger partial charge on any atom is -0.463 e. The lowest BCUT2D eigenvalue weighted by Crippen LogP contribution is -2.39. The van der Waals surface area contributed by atoms with Crippen LogP contribution in [0.4, 0.5) is 0 Å². The van der Waals surface area contributed by atoms with Gasteiger partial charge in [0.2, 0.25) is 0 Å². The topological polar surface area (TPSA) is 43.4 Å². The Morgan fingerprint density at radius 2 is 2.18 bits per heavy atom. The average molecular weight is 304 g/mol. The Morgan fingerprint density at radius 3 is 2.91 bits per heavy atom. The van der Waals surface area contributed by atoms with E-state index in [1.165, 1.54) is 12.5 Å². The molecule has 2 rings (SSSR count). The van der Waals surface area contributed by atoms with Crippen molar-refractivity contribution in [3.63, 3.8) is 0 Å². The van der Waals surface area contributed by atoms with Crippen LogP contribution in [0.25, 0.3) is 0 Å². The van der Waals surface area contributed by atoms with Gasteiger partial charge in [0.15, 0.2) is 0 Å². The van der Waals surface area contributed by atoms with Gasteiger partial charge in [0.25, 0.3) is 0 Å². The zero-order chi connectivity index (χ0) is 16.2. The van der Waals surface area contributed by atoms with Gasteiger partial charge in [-0.25, -0.2) is 4.79 Å². The van der Waals surface area contributed by atoms with Crippen LogP contribution >= 0.6 is 0 Å². The minimum atomic E-state index is -0.300. The zero-order valence-electron chi connectivity index (χ0n) is 14.0. The Balaban J connectivity index is 1.96. The summed E-state index contributed by atoms with van der Waals surface area (Å²) < 4.78 is 4.85. The van der Waals surface area contributed by atoms with E-state index in [0.29, 0.717) is 24.2 Å². The molecule has 0 aromatic rings. The number of carbonyl (C=O) groups excluding carboxylic acids is 2. The molecule has 2 aliphatic rings. The van der Waals surface area contributed by atoms with E-state index < -0.39 is 0 Å². The number of rotatable bonds is 5. The molecule has 22 heavy (non-hydrogen) atoms. The number of ketones is 1. The van der Waals surface area contributed by atoms with Gasteiger partial charge in [-0.3, -0.25) is 4.79 Å². The molecule has 0 N–H and O–H groups in total. The van der Waals surface area contributed by atoms with Crippen LogP contribution in [0.15, 0.2) is 24.3 Å². The quantitative estimate of drug-likeness (QED) is 0.436. The first-order valence-corrected chi connectivity index (χ1v) is 8.53. The molecule has 0 saturated heterocycles. The van der Waals surface area contributed by atoms with Gasteiger partial charge in [-0.15, -0.1) is 0 Å². The van der Waals surface area contributed by atoms with Crippen molar-refractivity contribution in [3.05, 3.63) is 24.3 Å². The van der Waals surface area contributed by atoms with Crippen molar-refractivity contribution in [1.82, 2.24) is 0 Å². The molecule has 0 spiro atoms. The van der Waals surface area contributed by atoms with Crippen LogP contribution in [-0.2, 0) is 14.3 Å². The molecule has 3 nitrogen and oxygen atoms in total. The smallest absolute Gasteiger partial charge is 0.330 e. The lowest BCUT2D eigenvalue weighted by atomic mass is 9.62. The summed E-state index contributed by atoms with van der Waals surface area (Å²) in [7, 11) is 0. The van der Waals surface area contributed by atoms with E-state index in [9.17, 15) is 9.59 Å². The lowest BCUT2D eigenvalue weighted by Gasteiger charge is -2.41. The third-order valence-electron chi connectivity index (χ3n) is 5.62. The molecule has 2 saturated carbocycles. The molecule has 2 aliphatic carbocycles. The highest BCUT2D eigenvalue weighted by Gasteiger charge is 2.51. The van der Waals surface area contributed by atoms with E-state index in [0.717, 1.165) is 25.7 Å². The monoisotopic (exact) mass is 304 g/mol. The molecule has 3 heteroatoms. The van der Waals surface area contributed by atoms with Gasteiger partial charge in [0, 0.05) is 18.4 Å². The summed E-state index contributed by atoms with van der Waals surface area (Å²) in [5.41, 5.74) is 0.171. The van der Waals surface area contributed by atoms with Gasteiger partial charge in [-0.05, 0) is 49.9 Å². The lowest BCUT2D eigenvalue weighted by molar-refractivity contribution is -0.137. The van der Waals surface area contributed by atoms with Gasteiger partial charge in [-0.2, -0.15) is 0 Å². The van der Waals surface area contributed by atoms with Crippen LogP contribution < -0.4 is 0 Å². The Morgan fingerprint density at radius 1 is 1.41 bits per heavy atom. The summed E-state index contributed by atoms with van der Waals surface area (Å²) in [4.78, 5) is 23.4. The van der Waals surface area contributed by atoms with E-state index in [-0.39, 0.29) is 17.3 Å². The summed E-state index contributed by atoms with van der Waals surface area (Å²) in [6.45, 7) is 6.74. The number of hydrogen-bond donors (Lipinski definition) is 0. The van der Waals surface area contributed by atoms with Crippen molar-refractivity contribution in [2.45, 2.75) is 52.9 Å². The Bertz CT molecular complexity index is 477. The molecule has 0 amide bonds. The molecule has 0 heterocycles. The Labute approximate surface area is 133 Å². The highest BCUT2D eigenvalue weighted by Crippen LogP contribution is 2.56. The Kier molecular flexibility index (Phi) is 5.60. The normalized spacial score (nSPS) is 33.3. The van der Waals surface area contributed by atoms with Crippen LogP contribution in [0.2, 0.25) is 0 Å². The van der Waals surface area contributed by atoms with E-state index in [1.807, 2.05) is 6.08 Å². The highest BCUT2D eigenvalue weighted by molar-refractivity contribution is 5.83. The van der Waals surface area contributed by atoms with Crippen LogP contribution in [0.3, 0.4) is 0 Å². The molecule has 0 bridgehead atoms. The summed E-state index contributed by atoms with van der Waals surface area (Å²) in [5, 5.41) is 0. The fourth-order valence-corrected chi connectivity index (χ4v) is 4.53. The van der Waals surface area contributed by atoms with Crippen molar-refractivity contribution in [3.8, 4) is 0 Å². The molecule has 0 aromatic carbocycles. The number of fused-ring (bicyclic) bond motifs is 1. The minimum absolute atomic E-state index is 0.171.